The summed E-state index contributed by atoms with van der Waals surface area (Å²) in [7, 11) is 0. The predicted molar refractivity (Wildman–Crippen MR) is 111 cm³/mol. The van der Waals surface area contributed by atoms with Gasteiger partial charge in [-0.1, -0.05) is 18.2 Å². The largest absolute Gasteiger partial charge is 0.338 e. The first-order chi connectivity index (χ1) is 14.1. The van der Waals surface area contributed by atoms with Crippen LogP contribution in [0, 0.1) is 12.7 Å². The third kappa shape index (κ3) is 4.42. The zero-order valence-electron chi connectivity index (χ0n) is 16.3. The molecule has 0 unspecified atom stereocenters. The summed E-state index contributed by atoms with van der Waals surface area (Å²) in [6.07, 6.45) is 3.63. The van der Waals surface area contributed by atoms with Crippen molar-refractivity contribution in [3.05, 3.63) is 83.4 Å². The molecular weight excluding hydrogens is 367 g/mol. The van der Waals surface area contributed by atoms with Crippen molar-refractivity contribution >= 4 is 17.5 Å². The van der Waals surface area contributed by atoms with Crippen molar-refractivity contribution in [2.75, 3.05) is 18.4 Å². The molecule has 1 atom stereocenters. The maximum absolute atomic E-state index is 13.1. The Kier molecular flexibility index (Phi) is 5.51. The van der Waals surface area contributed by atoms with Crippen molar-refractivity contribution in [1.82, 2.24) is 14.9 Å². The highest BCUT2D eigenvalue weighted by atomic mass is 19.1. The SMILES string of the molecule is Cc1ccccc1C(=O)N1CCC[C@H](c2ccnc(Nc3ccc(F)cc3)n2)C1. The topological polar surface area (TPSA) is 58.1 Å². The second kappa shape index (κ2) is 8.39. The molecule has 0 radical (unpaired) electrons. The van der Waals surface area contributed by atoms with Crippen molar-refractivity contribution in [2.24, 2.45) is 0 Å². The van der Waals surface area contributed by atoms with Gasteiger partial charge in [-0.2, -0.15) is 0 Å². The van der Waals surface area contributed by atoms with Crippen LogP contribution in [0.25, 0.3) is 0 Å². The number of rotatable bonds is 4. The number of amides is 1. The molecule has 1 aliphatic rings. The summed E-state index contributed by atoms with van der Waals surface area (Å²) in [5.41, 5.74) is 3.39. The number of halogens is 1. The maximum atomic E-state index is 13.1. The highest BCUT2D eigenvalue weighted by molar-refractivity contribution is 5.95. The van der Waals surface area contributed by atoms with E-state index in [1.165, 1.54) is 12.1 Å². The van der Waals surface area contributed by atoms with E-state index in [0.29, 0.717) is 12.5 Å². The van der Waals surface area contributed by atoms with Crippen LogP contribution in [0.15, 0.2) is 60.8 Å². The Morgan fingerprint density at radius 1 is 1.14 bits per heavy atom. The predicted octanol–water partition coefficient (Wildman–Crippen LogP) is 4.69. The van der Waals surface area contributed by atoms with E-state index >= 15 is 0 Å². The van der Waals surface area contributed by atoms with Crippen LogP contribution in [0.5, 0.6) is 0 Å². The molecule has 2 heterocycles. The van der Waals surface area contributed by atoms with Crippen molar-refractivity contribution < 1.29 is 9.18 Å². The van der Waals surface area contributed by atoms with E-state index in [0.717, 1.165) is 41.9 Å². The van der Waals surface area contributed by atoms with Crippen molar-refractivity contribution in [3.63, 3.8) is 0 Å². The van der Waals surface area contributed by atoms with Crippen LogP contribution in [0.1, 0.15) is 40.4 Å². The summed E-state index contributed by atoms with van der Waals surface area (Å²) >= 11 is 0. The second-order valence-corrected chi connectivity index (χ2v) is 7.34. The fourth-order valence-corrected chi connectivity index (χ4v) is 3.71. The van der Waals surface area contributed by atoms with Crippen molar-refractivity contribution in [1.29, 1.82) is 0 Å². The van der Waals surface area contributed by atoms with Crippen LogP contribution in [-0.2, 0) is 0 Å². The number of likely N-dealkylation sites (tertiary alicyclic amines) is 1. The van der Waals surface area contributed by atoms with Gasteiger partial charge in [-0.05, 0) is 61.7 Å². The molecule has 0 bridgehead atoms. The quantitative estimate of drug-likeness (QED) is 0.702. The molecule has 1 saturated heterocycles. The van der Waals surface area contributed by atoms with Gasteiger partial charge in [-0.15, -0.1) is 0 Å². The molecule has 1 N–H and O–H groups in total. The third-order valence-electron chi connectivity index (χ3n) is 5.28. The molecule has 0 spiro atoms. The lowest BCUT2D eigenvalue weighted by Crippen LogP contribution is -2.39. The number of aromatic nitrogens is 2. The van der Waals surface area contributed by atoms with Crippen LogP contribution in [0.4, 0.5) is 16.0 Å². The third-order valence-corrected chi connectivity index (χ3v) is 5.28. The number of benzene rings is 2. The summed E-state index contributed by atoms with van der Waals surface area (Å²) in [4.78, 5) is 23.8. The van der Waals surface area contributed by atoms with Gasteiger partial charge in [0.1, 0.15) is 5.82 Å². The highest BCUT2D eigenvalue weighted by Gasteiger charge is 2.27. The molecule has 3 aromatic rings. The molecule has 4 rings (SSSR count). The van der Waals surface area contributed by atoms with Gasteiger partial charge in [-0.3, -0.25) is 4.79 Å². The van der Waals surface area contributed by atoms with Gasteiger partial charge in [-0.25, -0.2) is 14.4 Å². The van der Waals surface area contributed by atoms with Crippen LogP contribution in [0.3, 0.4) is 0 Å². The van der Waals surface area contributed by atoms with E-state index < -0.39 is 0 Å². The summed E-state index contributed by atoms with van der Waals surface area (Å²) in [6, 6.07) is 15.7. The fourth-order valence-electron chi connectivity index (χ4n) is 3.71. The van der Waals surface area contributed by atoms with Crippen molar-refractivity contribution in [3.8, 4) is 0 Å². The average Bonchev–Trinajstić information content (AvgIpc) is 2.76. The molecule has 148 valence electrons. The number of carbonyl (C=O) groups excluding carboxylic acids is 1. The van der Waals surface area contributed by atoms with Crippen molar-refractivity contribution in [2.45, 2.75) is 25.7 Å². The molecular formula is C23H23FN4O. The molecule has 2 aromatic carbocycles. The zero-order chi connectivity index (χ0) is 20.2. The van der Waals surface area contributed by atoms with Gasteiger partial charge >= 0.3 is 0 Å². The smallest absolute Gasteiger partial charge is 0.254 e. The van der Waals surface area contributed by atoms with Gasteiger partial charge in [0.15, 0.2) is 0 Å². The molecule has 1 aliphatic heterocycles. The molecule has 1 aromatic heterocycles. The van der Waals surface area contributed by atoms with E-state index in [4.69, 9.17) is 0 Å². The first-order valence-corrected chi connectivity index (χ1v) is 9.80. The highest BCUT2D eigenvalue weighted by Crippen LogP contribution is 2.27. The van der Waals surface area contributed by atoms with Gasteiger partial charge < -0.3 is 10.2 Å². The average molecular weight is 390 g/mol. The van der Waals surface area contributed by atoms with Crippen LogP contribution in [0.2, 0.25) is 0 Å². The Balaban J connectivity index is 1.49. The summed E-state index contributed by atoms with van der Waals surface area (Å²) < 4.78 is 13.1. The number of nitrogens with one attached hydrogen (secondary N) is 1. The Bertz CT molecular complexity index is 1010. The summed E-state index contributed by atoms with van der Waals surface area (Å²) in [5, 5.41) is 3.11. The fraction of sp³-hybridized carbons (Fsp3) is 0.261. The number of piperidine rings is 1. The molecule has 0 saturated carbocycles. The lowest BCUT2D eigenvalue weighted by molar-refractivity contribution is 0.0705. The van der Waals surface area contributed by atoms with Crippen LogP contribution < -0.4 is 5.32 Å². The number of hydrogen-bond acceptors (Lipinski definition) is 4. The van der Waals surface area contributed by atoms with Gasteiger partial charge in [0.2, 0.25) is 5.95 Å². The molecule has 1 fully saturated rings. The number of aryl methyl sites for hydroxylation is 1. The molecule has 5 nitrogen and oxygen atoms in total. The Morgan fingerprint density at radius 3 is 2.72 bits per heavy atom. The zero-order valence-corrected chi connectivity index (χ0v) is 16.3. The monoisotopic (exact) mass is 390 g/mol. The maximum Gasteiger partial charge on any atom is 0.254 e. The van der Waals surface area contributed by atoms with E-state index in [-0.39, 0.29) is 17.6 Å². The minimum Gasteiger partial charge on any atom is -0.338 e. The van der Waals surface area contributed by atoms with Gasteiger partial charge in [0.25, 0.3) is 5.91 Å². The summed E-state index contributed by atoms with van der Waals surface area (Å²) in [5.74, 6) is 0.419. The molecule has 1 amide bonds. The Labute approximate surface area is 169 Å². The minimum atomic E-state index is -0.286. The van der Waals surface area contributed by atoms with Crippen LogP contribution in [-0.4, -0.2) is 33.9 Å². The lowest BCUT2D eigenvalue weighted by Gasteiger charge is -2.33. The van der Waals surface area contributed by atoms with Crippen LogP contribution >= 0.6 is 0 Å². The first kappa shape index (κ1) is 19.1. The van der Waals surface area contributed by atoms with E-state index in [2.05, 4.69) is 15.3 Å². The van der Waals surface area contributed by atoms with Gasteiger partial charge in [0.05, 0.1) is 5.69 Å². The standard InChI is InChI=1S/C23H23FN4O/c1-16-5-2-3-7-20(16)22(29)28-14-4-6-17(15-28)21-12-13-25-23(27-21)26-19-10-8-18(24)9-11-19/h2-3,5,7-13,17H,4,6,14-15H2,1H3,(H,25,26,27)/t17-/m0/s1. The summed E-state index contributed by atoms with van der Waals surface area (Å²) in [6.45, 7) is 3.36. The Hall–Kier alpha value is -3.28. The second-order valence-electron chi connectivity index (χ2n) is 7.34. The van der Waals surface area contributed by atoms with Gasteiger partial charge in [0, 0.05) is 36.5 Å². The van der Waals surface area contributed by atoms with E-state index in [1.807, 2.05) is 42.2 Å². The molecule has 29 heavy (non-hydrogen) atoms. The Morgan fingerprint density at radius 2 is 1.93 bits per heavy atom. The number of hydrogen-bond donors (Lipinski definition) is 1. The number of carbonyl (C=O) groups is 1. The number of anilines is 2. The first-order valence-electron chi connectivity index (χ1n) is 9.80. The molecule has 6 heteroatoms. The van der Waals surface area contributed by atoms with E-state index in [1.54, 1.807) is 18.3 Å². The normalized spacial score (nSPS) is 16.5. The molecule has 0 aliphatic carbocycles. The number of nitrogens with zero attached hydrogens (tertiary/aromatic N) is 3. The van der Waals surface area contributed by atoms with E-state index in [9.17, 15) is 9.18 Å². The lowest BCUT2D eigenvalue weighted by atomic mass is 9.93. The minimum absolute atomic E-state index is 0.0755.